The molecule has 1 saturated heterocycles. The lowest BCUT2D eigenvalue weighted by Crippen LogP contribution is -2.49. The maximum Gasteiger partial charge on any atom is 0.242 e. The van der Waals surface area contributed by atoms with E-state index in [0.717, 1.165) is 24.6 Å². The summed E-state index contributed by atoms with van der Waals surface area (Å²) in [7, 11) is 1.45. The molecule has 1 aliphatic rings. The van der Waals surface area contributed by atoms with Crippen LogP contribution in [-0.2, 0) is 11.3 Å². The minimum absolute atomic E-state index is 0.0365. The van der Waals surface area contributed by atoms with Crippen LogP contribution < -0.4 is 15.1 Å². The predicted molar refractivity (Wildman–Crippen MR) is 95.0 cm³/mol. The minimum atomic E-state index is -0.173. The third-order valence-electron chi connectivity index (χ3n) is 4.44. The predicted octanol–water partition coefficient (Wildman–Crippen LogP) is 0.909. The van der Waals surface area contributed by atoms with Gasteiger partial charge >= 0.3 is 0 Å². The minimum Gasteiger partial charge on any atom is -0.491 e. The molecule has 2 aromatic rings. The summed E-state index contributed by atoms with van der Waals surface area (Å²) in [5.41, 5.74) is 0.568. The number of hydrogen-bond donors (Lipinski definition) is 0. The Labute approximate surface area is 146 Å². The number of anilines is 1. The first-order valence-electron chi connectivity index (χ1n) is 8.27. The van der Waals surface area contributed by atoms with E-state index >= 15 is 0 Å². The molecule has 2 aromatic heterocycles. The van der Waals surface area contributed by atoms with Crippen molar-refractivity contribution >= 4 is 11.7 Å². The average Bonchev–Trinajstić information content (AvgIpc) is 2.64. The van der Waals surface area contributed by atoms with E-state index in [1.54, 1.807) is 17.0 Å². The Hall–Kier alpha value is -2.83. The summed E-state index contributed by atoms with van der Waals surface area (Å²) in [6, 6.07) is 7.33. The van der Waals surface area contributed by atoms with Crippen LogP contribution in [-0.4, -0.2) is 53.6 Å². The molecule has 0 spiro atoms. The Bertz CT molecular complexity index is 796. The monoisotopic (exact) mass is 342 g/mol. The van der Waals surface area contributed by atoms with Gasteiger partial charge in [0, 0.05) is 44.1 Å². The maximum atomic E-state index is 12.6. The van der Waals surface area contributed by atoms with Crippen LogP contribution in [0.2, 0.25) is 0 Å². The van der Waals surface area contributed by atoms with E-state index in [1.165, 1.54) is 13.2 Å². The quantitative estimate of drug-likeness (QED) is 0.826. The molecule has 0 aromatic carbocycles. The molecule has 0 bridgehead atoms. The van der Waals surface area contributed by atoms with Crippen molar-refractivity contribution in [2.45, 2.75) is 13.5 Å². The number of carbonyl (C=O) groups is 1. The fourth-order valence-corrected chi connectivity index (χ4v) is 2.95. The number of aryl methyl sites for hydroxylation is 1. The molecule has 3 heterocycles. The highest BCUT2D eigenvalue weighted by atomic mass is 16.5. The lowest BCUT2D eigenvalue weighted by atomic mass is 10.3. The van der Waals surface area contributed by atoms with E-state index in [2.05, 4.69) is 9.88 Å². The van der Waals surface area contributed by atoms with Gasteiger partial charge in [-0.3, -0.25) is 9.59 Å². The van der Waals surface area contributed by atoms with Crippen molar-refractivity contribution in [2.24, 2.45) is 0 Å². The first-order chi connectivity index (χ1) is 12.1. The van der Waals surface area contributed by atoms with Crippen LogP contribution in [0.15, 0.2) is 41.5 Å². The standard InChI is InChI=1S/C18H22N4O3/c1-14-11-15(23)16(25-2)12-22(14)13-18(24)21-9-7-20(8-10-21)17-5-3-4-6-19-17/h3-6,11-12H,7-10,13H2,1-2H3. The normalized spacial score (nSPS) is 14.5. The number of ether oxygens (including phenoxy) is 1. The van der Waals surface area contributed by atoms with Crippen molar-refractivity contribution in [3.63, 3.8) is 0 Å². The second-order valence-corrected chi connectivity index (χ2v) is 6.03. The van der Waals surface area contributed by atoms with Crippen molar-refractivity contribution in [3.8, 4) is 5.75 Å². The van der Waals surface area contributed by atoms with Gasteiger partial charge in [-0.25, -0.2) is 4.98 Å². The number of nitrogens with zero attached hydrogens (tertiary/aromatic N) is 4. The van der Waals surface area contributed by atoms with Gasteiger partial charge in [0.25, 0.3) is 0 Å². The zero-order valence-corrected chi connectivity index (χ0v) is 14.5. The van der Waals surface area contributed by atoms with Crippen LogP contribution in [0.3, 0.4) is 0 Å². The lowest BCUT2D eigenvalue weighted by Gasteiger charge is -2.35. The summed E-state index contributed by atoms with van der Waals surface area (Å²) in [5.74, 6) is 1.23. The topological polar surface area (TPSA) is 67.7 Å². The highest BCUT2D eigenvalue weighted by molar-refractivity contribution is 5.76. The molecule has 0 radical (unpaired) electrons. The fraction of sp³-hybridized carbons (Fsp3) is 0.389. The van der Waals surface area contributed by atoms with E-state index < -0.39 is 0 Å². The zero-order chi connectivity index (χ0) is 17.8. The van der Waals surface area contributed by atoms with Crippen molar-refractivity contribution in [1.29, 1.82) is 0 Å². The third kappa shape index (κ3) is 3.81. The van der Waals surface area contributed by atoms with Gasteiger partial charge in [-0.05, 0) is 19.1 Å². The molecule has 0 atom stereocenters. The van der Waals surface area contributed by atoms with Gasteiger partial charge in [-0.1, -0.05) is 6.07 Å². The van der Waals surface area contributed by atoms with Crippen LogP contribution in [0.1, 0.15) is 5.69 Å². The lowest BCUT2D eigenvalue weighted by molar-refractivity contribution is -0.132. The average molecular weight is 342 g/mol. The summed E-state index contributed by atoms with van der Waals surface area (Å²) >= 11 is 0. The number of rotatable bonds is 4. The molecule has 0 saturated carbocycles. The highest BCUT2D eigenvalue weighted by Crippen LogP contribution is 2.13. The Kier molecular flexibility index (Phi) is 5.02. The molecule has 1 fully saturated rings. The number of amides is 1. The van der Waals surface area contributed by atoms with E-state index in [-0.39, 0.29) is 23.6 Å². The van der Waals surface area contributed by atoms with Crippen LogP contribution in [0.25, 0.3) is 0 Å². The van der Waals surface area contributed by atoms with Crippen molar-refractivity contribution in [2.75, 3.05) is 38.2 Å². The Morgan fingerprint density at radius 3 is 2.64 bits per heavy atom. The molecular weight excluding hydrogens is 320 g/mol. The molecule has 7 heteroatoms. The van der Waals surface area contributed by atoms with Gasteiger partial charge in [0.05, 0.1) is 13.3 Å². The summed E-state index contributed by atoms with van der Waals surface area (Å²) in [6.07, 6.45) is 3.37. The van der Waals surface area contributed by atoms with Gasteiger partial charge in [0.2, 0.25) is 11.3 Å². The molecule has 7 nitrogen and oxygen atoms in total. The largest absolute Gasteiger partial charge is 0.491 e. The van der Waals surface area contributed by atoms with E-state index in [4.69, 9.17) is 4.74 Å². The fourth-order valence-electron chi connectivity index (χ4n) is 2.95. The molecule has 132 valence electrons. The first-order valence-corrected chi connectivity index (χ1v) is 8.27. The zero-order valence-electron chi connectivity index (χ0n) is 14.5. The summed E-state index contributed by atoms with van der Waals surface area (Å²) in [6.45, 7) is 4.85. The number of piperazine rings is 1. The van der Waals surface area contributed by atoms with Gasteiger partial charge in [-0.15, -0.1) is 0 Å². The van der Waals surface area contributed by atoms with Gasteiger partial charge < -0.3 is 19.1 Å². The Morgan fingerprint density at radius 1 is 1.24 bits per heavy atom. The van der Waals surface area contributed by atoms with E-state index in [1.807, 2.05) is 30.0 Å². The van der Waals surface area contributed by atoms with Crippen molar-refractivity contribution < 1.29 is 9.53 Å². The Morgan fingerprint density at radius 2 is 2.00 bits per heavy atom. The van der Waals surface area contributed by atoms with Gasteiger partial charge in [0.1, 0.15) is 12.4 Å². The third-order valence-corrected chi connectivity index (χ3v) is 4.44. The summed E-state index contributed by atoms with van der Waals surface area (Å²) in [4.78, 5) is 32.7. The molecule has 0 aliphatic carbocycles. The number of aromatic nitrogens is 2. The maximum absolute atomic E-state index is 12.6. The van der Waals surface area contributed by atoms with Crippen LogP contribution in [0.5, 0.6) is 5.75 Å². The molecule has 0 N–H and O–H groups in total. The van der Waals surface area contributed by atoms with Crippen molar-refractivity contribution in [1.82, 2.24) is 14.5 Å². The van der Waals surface area contributed by atoms with Crippen molar-refractivity contribution in [3.05, 3.63) is 52.6 Å². The molecule has 3 rings (SSSR count). The molecule has 1 amide bonds. The molecular formula is C18H22N4O3. The highest BCUT2D eigenvalue weighted by Gasteiger charge is 2.22. The number of hydrogen-bond acceptors (Lipinski definition) is 5. The van der Waals surface area contributed by atoms with Crippen LogP contribution in [0, 0.1) is 6.92 Å². The smallest absolute Gasteiger partial charge is 0.242 e. The second-order valence-electron chi connectivity index (χ2n) is 6.03. The summed E-state index contributed by atoms with van der Waals surface area (Å²) in [5, 5.41) is 0. The van der Waals surface area contributed by atoms with E-state index in [0.29, 0.717) is 13.1 Å². The van der Waals surface area contributed by atoms with Gasteiger partial charge in [-0.2, -0.15) is 0 Å². The summed E-state index contributed by atoms with van der Waals surface area (Å²) < 4.78 is 6.82. The molecule has 25 heavy (non-hydrogen) atoms. The van der Waals surface area contributed by atoms with E-state index in [9.17, 15) is 9.59 Å². The molecule has 1 aliphatic heterocycles. The number of pyridine rings is 2. The second kappa shape index (κ2) is 7.38. The molecule has 0 unspecified atom stereocenters. The van der Waals surface area contributed by atoms with Gasteiger partial charge in [0.15, 0.2) is 5.75 Å². The van der Waals surface area contributed by atoms with Crippen LogP contribution in [0.4, 0.5) is 5.82 Å². The van der Waals surface area contributed by atoms with Crippen LogP contribution >= 0.6 is 0 Å². The number of carbonyl (C=O) groups excluding carboxylic acids is 1. The SMILES string of the molecule is COc1cn(CC(=O)N2CCN(c3ccccn3)CC2)c(C)cc1=O. The first kappa shape index (κ1) is 17.0. The number of methoxy groups -OCH3 is 1. The Balaban J connectivity index is 1.63.